The predicted molar refractivity (Wildman–Crippen MR) is 88.6 cm³/mol. The molecular formula is C18H30O2Si. The van der Waals surface area contributed by atoms with E-state index in [1.807, 2.05) is 0 Å². The second-order valence-corrected chi connectivity index (χ2v) is 14.1. The van der Waals surface area contributed by atoms with Crippen LogP contribution in [0.1, 0.15) is 40.5 Å². The molecular weight excluding hydrogens is 276 g/mol. The number of carbonyl (C=O) groups excluding carboxylic acids is 1. The number of hydrogen-bond donors (Lipinski definition) is 0. The Morgan fingerprint density at radius 1 is 1.29 bits per heavy atom. The third-order valence-corrected chi connectivity index (χ3v) is 11.2. The van der Waals surface area contributed by atoms with Crippen molar-refractivity contribution < 1.29 is 9.22 Å². The van der Waals surface area contributed by atoms with Gasteiger partial charge in [0.25, 0.3) is 0 Å². The van der Waals surface area contributed by atoms with Crippen LogP contribution in [0.25, 0.3) is 0 Å². The molecule has 0 aromatic carbocycles. The molecule has 2 bridgehead atoms. The molecule has 0 radical (unpaired) electrons. The van der Waals surface area contributed by atoms with E-state index in [-0.39, 0.29) is 10.5 Å². The molecule has 3 rings (SSSR count). The van der Waals surface area contributed by atoms with Crippen molar-refractivity contribution >= 4 is 14.1 Å². The summed E-state index contributed by atoms with van der Waals surface area (Å²) >= 11 is 0. The lowest BCUT2D eigenvalue weighted by Gasteiger charge is -2.39. The molecule has 3 heteroatoms. The SMILES string of the molecule is CC(C)(C)[Si](C)(C)OC[C@@]1(C)C[C@H]2[C@@H](C1=O)[C@H]1C=C[C@@H]2C1. The van der Waals surface area contributed by atoms with Gasteiger partial charge in [0.05, 0.1) is 0 Å². The van der Waals surface area contributed by atoms with Gasteiger partial charge in [0.1, 0.15) is 5.78 Å². The average Bonchev–Trinajstić information content (AvgIpc) is 3.00. The average molecular weight is 307 g/mol. The van der Waals surface area contributed by atoms with Crippen molar-refractivity contribution in [1.82, 2.24) is 0 Å². The molecule has 2 nitrogen and oxygen atoms in total. The smallest absolute Gasteiger partial charge is 0.192 e. The first-order valence-corrected chi connectivity index (χ1v) is 11.3. The van der Waals surface area contributed by atoms with Crippen molar-refractivity contribution in [2.45, 2.75) is 58.7 Å². The summed E-state index contributed by atoms with van der Waals surface area (Å²) in [7, 11) is -1.77. The maximum atomic E-state index is 13.0. The maximum absolute atomic E-state index is 13.0. The first-order chi connectivity index (χ1) is 9.55. The molecule has 0 unspecified atom stereocenters. The lowest BCUT2D eigenvalue weighted by atomic mass is 9.84. The lowest BCUT2D eigenvalue weighted by Crippen LogP contribution is -2.44. The standard InChI is InChI=1S/C18H30O2Si/c1-17(2,3)21(5,6)20-11-18(4)10-14-12-7-8-13(9-12)15(14)16(18)19/h7-8,12-15H,9-11H2,1-6H3/t12-,13+,14-,15+,18-/m1/s1. The van der Waals surface area contributed by atoms with Crippen LogP contribution in [0, 0.1) is 29.1 Å². The zero-order chi connectivity index (χ0) is 15.6. The second kappa shape index (κ2) is 4.54. The summed E-state index contributed by atoms with van der Waals surface area (Å²) in [5.74, 6) is 2.58. The number of hydrogen-bond acceptors (Lipinski definition) is 2. The lowest BCUT2D eigenvalue weighted by molar-refractivity contribution is -0.130. The Morgan fingerprint density at radius 3 is 2.48 bits per heavy atom. The molecule has 3 aliphatic rings. The molecule has 0 heterocycles. The molecule has 5 atom stereocenters. The molecule has 118 valence electrons. The van der Waals surface area contributed by atoms with Crippen molar-refractivity contribution in [2.24, 2.45) is 29.1 Å². The van der Waals surface area contributed by atoms with Gasteiger partial charge in [-0.3, -0.25) is 4.79 Å². The molecule has 2 fully saturated rings. The van der Waals surface area contributed by atoms with Gasteiger partial charge in [-0.05, 0) is 48.7 Å². The first kappa shape index (κ1) is 15.5. The highest BCUT2D eigenvalue weighted by Gasteiger charge is 2.59. The van der Waals surface area contributed by atoms with Gasteiger partial charge in [-0.25, -0.2) is 0 Å². The molecule has 0 spiro atoms. The van der Waals surface area contributed by atoms with Crippen molar-refractivity contribution in [3.05, 3.63) is 12.2 Å². The highest BCUT2D eigenvalue weighted by molar-refractivity contribution is 6.74. The first-order valence-electron chi connectivity index (χ1n) is 8.42. The van der Waals surface area contributed by atoms with Gasteiger partial charge < -0.3 is 4.43 Å². The normalized spacial score (nSPS) is 41.9. The van der Waals surface area contributed by atoms with E-state index in [4.69, 9.17) is 4.43 Å². The van der Waals surface area contributed by atoms with E-state index >= 15 is 0 Å². The van der Waals surface area contributed by atoms with Crippen LogP contribution in [-0.4, -0.2) is 20.7 Å². The predicted octanol–water partition coefficient (Wildman–Crippen LogP) is 4.43. The van der Waals surface area contributed by atoms with Crippen LogP contribution < -0.4 is 0 Å². The van der Waals surface area contributed by atoms with E-state index in [9.17, 15) is 4.79 Å². The molecule has 0 amide bonds. The highest BCUT2D eigenvalue weighted by Crippen LogP contribution is 2.59. The van der Waals surface area contributed by atoms with E-state index < -0.39 is 8.32 Å². The molecule has 0 aromatic heterocycles. The van der Waals surface area contributed by atoms with Crippen LogP contribution in [0.2, 0.25) is 18.1 Å². The van der Waals surface area contributed by atoms with Gasteiger partial charge in [0, 0.05) is 17.9 Å². The zero-order valence-electron chi connectivity index (χ0n) is 14.4. The minimum Gasteiger partial charge on any atom is -0.416 e. The van der Waals surface area contributed by atoms with Gasteiger partial charge in [-0.15, -0.1) is 0 Å². The quantitative estimate of drug-likeness (QED) is 0.569. The summed E-state index contributed by atoms with van der Waals surface area (Å²) in [6.45, 7) is 14.1. The third-order valence-electron chi connectivity index (χ3n) is 6.76. The number of carbonyl (C=O) groups is 1. The van der Waals surface area contributed by atoms with Gasteiger partial charge in [0.2, 0.25) is 0 Å². The molecule has 3 aliphatic carbocycles. The summed E-state index contributed by atoms with van der Waals surface area (Å²) in [6, 6.07) is 0. The summed E-state index contributed by atoms with van der Waals surface area (Å²) in [5, 5.41) is 0.210. The molecule has 0 saturated heterocycles. The van der Waals surface area contributed by atoms with Crippen molar-refractivity contribution in [3.63, 3.8) is 0 Å². The third kappa shape index (κ3) is 2.28. The number of allylic oxidation sites excluding steroid dienone is 2. The summed E-state index contributed by atoms with van der Waals surface area (Å²) < 4.78 is 6.41. The fourth-order valence-corrected chi connectivity index (χ4v) is 5.41. The number of rotatable bonds is 3. The van der Waals surface area contributed by atoms with Crippen LogP contribution >= 0.6 is 0 Å². The second-order valence-electron chi connectivity index (χ2n) is 9.32. The largest absolute Gasteiger partial charge is 0.416 e. The highest BCUT2D eigenvalue weighted by atomic mass is 28.4. The molecule has 0 N–H and O–H groups in total. The van der Waals surface area contributed by atoms with Gasteiger partial charge in [0.15, 0.2) is 8.32 Å². The number of Topliss-reactive ketones (excluding diaryl/α,β-unsaturated/α-hetero) is 1. The Labute approximate surface area is 130 Å². The Hall–Kier alpha value is -0.413. The summed E-state index contributed by atoms with van der Waals surface area (Å²) in [4.78, 5) is 13.0. The fraction of sp³-hybridized carbons (Fsp3) is 0.833. The van der Waals surface area contributed by atoms with Crippen molar-refractivity contribution in [3.8, 4) is 0 Å². The van der Waals surface area contributed by atoms with Gasteiger partial charge in [-0.2, -0.15) is 0 Å². The molecule has 0 aromatic rings. The number of ketones is 1. The number of fused-ring (bicyclic) bond motifs is 5. The fourth-order valence-electron chi connectivity index (χ4n) is 4.30. The van der Waals surface area contributed by atoms with E-state index in [0.717, 1.165) is 6.42 Å². The minimum absolute atomic E-state index is 0.210. The van der Waals surface area contributed by atoms with Gasteiger partial charge in [-0.1, -0.05) is 39.8 Å². The van der Waals surface area contributed by atoms with E-state index in [2.05, 4.69) is 52.9 Å². The topological polar surface area (TPSA) is 26.3 Å². The summed E-state index contributed by atoms with van der Waals surface area (Å²) in [6.07, 6.45) is 6.92. The van der Waals surface area contributed by atoms with E-state index in [0.29, 0.717) is 36.1 Å². The van der Waals surface area contributed by atoms with Crippen LogP contribution in [0.3, 0.4) is 0 Å². The van der Waals surface area contributed by atoms with Crippen molar-refractivity contribution in [2.75, 3.05) is 6.61 Å². The van der Waals surface area contributed by atoms with Crippen LogP contribution in [0.15, 0.2) is 12.2 Å². The molecule has 21 heavy (non-hydrogen) atoms. The molecule has 0 aliphatic heterocycles. The minimum atomic E-state index is -1.77. The Bertz CT molecular complexity index is 488. The Morgan fingerprint density at radius 2 is 1.90 bits per heavy atom. The Kier molecular flexibility index (Phi) is 3.35. The van der Waals surface area contributed by atoms with E-state index in [1.54, 1.807) is 0 Å². The van der Waals surface area contributed by atoms with Gasteiger partial charge >= 0.3 is 0 Å². The van der Waals surface area contributed by atoms with Crippen LogP contribution in [0.5, 0.6) is 0 Å². The van der Waals surface area contributed by atoms with Crippen LogP contribution in [0.4, 0.5) is 0 Å². The van der Waals surface area contributed by atoms with Crippen molar-refractivity contribution in [1.29, 1.82) is 0 Å². The van der Waals surface area contributed by atoms with E-state index in [1.165, 1.54) is 6.42 Å². The van der Waals surface area contributed by atoms with Crippen LogP contribution in [-0.2, 0) is 9.22 Å². The monoisotopic (exact) mass is 306 g/mol. The molecule has 2 saturated carbocycles. The summed E-state index contributed by atoms with van der Waals surface area (Å²) in [5.41, 5.74) is -0.242. The maximum Gasteiger partial charge on any atom is 0.192 e. The Balaban J connectivity index is 1.71. The zero-order valence-corrected chi connectivity index (χ0v) is 15.4.